The molecule has 1 unspecified atom stereocenters. The molecule has 3 heterocycles. The van der Waals surface area contributed by atoms with Gasteiger partial charge in [0, 0.05) is 59.7 Å². The summed E-state index contributed by atoms with van der Waals surface area (Å²) >= 11 is 0. The monoisotopic (exact) mass is 499 g/mol. The lowest BCUT2D eigenvalue weighted by atomic mass is 10.1. The Morgan fingerprint density at radius 1 is 1.29 bits per heavy atom. The fourth-order valence-corrected chi connectivity index (χ4v) is 3.31. The van der Waals surface area contributed by atoms with E-state index in [1.165, 1.54) is 0 Å². The van der Waals surface area contributed by atoms with Crippen molar-refractivity contribution in [3.8, 4) is 0 Å². The number of aliphatic imine (C=N–C) groups is 1. The van der Waals surface area contributed by atoms with Gasteiger partial charge in [0.25, 0.3) is 0 Å². The highest BCUT2D eigenvalue weighted by Gasteiger charge is 2.22. The molecule has 0 spiro atoms. The van der Waals surface area contributed by atoms with Gasteiger partial charge in [-0.05, 0) is 18.9 Å². The van der Waals surface area contributed by atoms with Gasteiger partial charge in [0.2, 0.25) is 11.9 Å². The van der Waals surface area contributed by atoms with Gasteiger partial charge in [-0.25, -0.2) is 15.0 Å². The van der Waals surface area contributed by atoms with Crippen molar-refractivity contribution in [2.24, 2.45) is 12.0 Å². The van der Waals surface area contributed by atoms with Crippen LogP contribution >= 0.6 is 24.0 Å². The van der Waals surface area contributed by atoms with Crippen LogP contribution in [0, 0.1) is 0 Å². The van der Waals surface area contributed by atoms with Crippen molar-refractivity contribution in [3.63, 3.8) is 0 Å². The fraction of sp³-hybridized carbons (Fsp3) is 0.556. The standard InChI is InChI=1S/C18H29N9.HI/c1-19-16(22-11-15-12-23-18(25(2)3)26(15)4)24-14-7-5-10-27(13-14)17-20-8-6-9-21-17;/h6,8-9,12,14H,5,7,10-11,13H2,1-4H3,(H2,19,22,24);1H. The van der Waals surface area contributed by atoms with E-state index in [1.54, 1.807) is 19.4 Å². The highest BCUT2D eigenvalue weighted by Crippen LogP contribution is 2.15. The summed E-state index contributed by atoms with van der Waals surface area (Å²) < 4.78 is 2.08. The summed E-state index contributed by atoms with van der Waals surface area (Å²) in [6.45, 7) is 2.51. The first kappa shape index (κ1) is 22.2. The third-order valence-electron chi connectivity index (χ3n) is 4.72. The van der Waals surface area contributed by atoms with E-state index in [4.69, 9.17) is 0 Å². The first-order valence-corrected chi connectivity index (χ1v) is 9.25. The number of anilines is 2. The average Bonchev–Trinajstić information content (AvgIpc) is 3.07. The number of imidazole rings is 1. The Balaban J connectivity index is 0.00000280. The highest BCUT2D eigenvalue weighted by atomic mass is 127. The van der Waals surface area contributed by atoms with E-state index in [2.05, 4.69) is 40.0 Å². The summed E-state index contributed by atoms with van der Waals surface area (Å²) in [5.74, 6) is 2.52. The second kappa shape index (κ2) is 10.4. The largest absolute Gasteiger partial charge is 0.352 e. The van der Waals surface area contributed by atoms with Crippen LogP contribution in [0.1, 0.15) is 18.5 Å². The summed E-state index contributed by atoms with van der Waals surface area (Å²) in [7, 11) is 7.80. The Kier molecular flexibility index (Phi) is 8.27. The lowest BCUT2D eigenvalue weighted by molar-refractivity contribution is 0.463. The van der Waals surface area contributed by atoms with Gasteiger partial charge in [0.15, 0.2) is 5.96 Å². The maximum absolute atomic E-state index is 4.45. The molecule has 1 aliphatic heterocycles. The molecule has 0 radical (unpaired) electrons. The van der Waals surface area contributed by atoms with Crippen LogP contribution in [0.15, 0.2) is 29.6 Å². The number of rotatable bonds is 5. The molecule has 0 bridgehead atoms. The second-order valence-corrected chi connectivity index (χ2v) is 6.91. The van der Waals surface area contributed by atoms with Crippen LogP contribution in [0.5, 0.6) is 0 Å². The lowest BCUT2D eigenvalue weighted by Crippen LogP contribution is -2.51. The van der Waals surface area contributed by atoms with Gasteiger partial charge in [0.05, 0.1) is 18.4 Å². The molecule has 0 aliphatic carbocycles. The summed E-state index contributed by atoms with van der Waals surface area (Å²) in [6, 6.07) is 2.15. The van der Waals surface area contributed by atoms with Gasteiger partial charge in [0.1, 0.15) is 0 Å². The van der Waals surface area contributed by atoms with Crippen molar-refractivity contribution in [1.29, 1.82) is 0 Å². The summed E-state index contributed by atoms with van der Waals surface area (Å²) in [6.07, 6.45) is 7.66. The molecule has 2 aromatic rings. The number of piperidine rings is 1. The van der Waals surface area contributed by atoms with Gasteiger partial charge in [-0.3, -0.25) is 4.99 Å². The highest BCUT2D eigenvalue weighted by molar-refractivity contribution is 14.0. The summed E-state index contributed by atoms with van der Waals surface area (Å²) in [4.78, 5) is 21.8. The SMILES string of the molecule is CN=C(NCc1cnc(N(C)C)n1C)NC1CCCN(c2ncccn2)C1.I. The van der Waals surface area contributed by atoms with E-state index >= 15 is 0 Å². The molecule has 0 saturated carbocycles. The molecular weight excluding hydrogens is 469 g/mol. The molecule has 3 rings (SSSR count). The van der Waals surface area contributed by atoms with E-state index in [0.29, 0.717) is 12.6 Å². The van der Waals surface area contributed by atoms with Crippen LogP contribution in [-0.4, -0.2) is 65.8 Å². The minimum Gasteiger partial charge on any atom is -0.352 e. The first-order valence-electron chi connectivity index (χ1n) is 9.25. The van der Waals surface area contributed by atoms with Crippen molar-refractivity contribution >= 4 is 41.8 Å². The van der Waals surface area contributed by atoms with Gasteiger partial charge in [-0.15, -0.1) is 24.0 Å². The Morgan fingerprint density at radius 2 is 2.04 bits per heavy atom. The number of nitrogens with one attached hydrogen (secondary N) is 2. The molecule has 154 valence electrons. The third kappa shape index (κ3) is 5.46. The molecule has 2 N–H and O–H groups in total. The van der Waals surface area contributed by atoms with Crippen LogP contribution in [0.3, 0.4) is 0 Å². The maximum Gasteiger partial charge on any atom is 0.225 e. The van der Waals surface area contributed by atoms with Crippen LogP contribution in [0.4, 0.5) is 11.9 Å². The number of halogens is 1. The predicted octanol–water partition coefficient (Wildman–Crippen LogP) is 1.23. The van der Waals surface area contributed by atoms with Gasteiger partial charge in [-0.2, -0.15) is 0 Å². The zero-order valence-electron chi connectivity index (χ0n) is 17.0. The molecule has 1 saturated heterocycles. The average molecular weight is 499 g/mol. The van der Waals surface area contributed by atoms with E-state index < -0.39 is 0 Å². The fourth-order valence-electron chi connectivity index (χ4n) is 3.31. The smallest absolute Gasteiger partial charge is 0.225 e. The minimum atomic E-state index is 0. The number of hydrogen-bond acceptors (Lipinski definition) is 6. The van der Waals surface area contributed by atoms with Gasteiger partial charge in [-0.1, -0.05) is 0 Å². The quantitative estimate of drug-likeness (QED) is 0.364. The molecule has 1 fully saturated rings. The molecule has 28 heavy (non-hydrogen) atoms. The van der Waals surface area contributed by atoms with Crippen LogP contribution < -0.4 is 20.4 Å². The molecular formula is C18H30IN9. The molecule has 9 nitrogen and oxygen atoms in total. The number of aromatic nitrogens is 4. The van der Waals surface area contributed by atoms with Crippen molar-refractivity contribution in [3.05, 3.63) is 30.4 Å². The Morgan fingerprint density at radius 3 is 2.68 bits per heavy atom. The Hall–Kier alpha value is -2.11. The normalized spacial score (nSPS) is 17.1. The van der Waals surface area contributed by atoms with E-state index in [-0.39, 0.29) is 24.0 Å². The Labute approximate surface area is 183 Å². The second-order valence-electron chi connectivity index (χ2n) is 6.91. The zero-order chi connectivity index (χ0) is 19.2. The summed E-state index contributed by atoms with van der Waals surface area (Å²) in [5, 5.41) is 6.92. The molecule has 1 atom stereocenters. The lowest BCUT2D eigenvalue weighted by Gasteiger charge is -2.33. The third-order valence-corrected chi connectivity index (χ3v) is 4.72. The van der Waals surface area contributed by atoms with Gasteiger partial charge < -0.3 is 25.0 Å². The molecule has 0 aromatic carbocycles. The molecule has 1 aliphatic rings. The van der Waals surface area contributed by atoms with Crippen LogP contribution in [-0.2, 0) is 13.6 Å². The maximum atomic E-state index is 4.45. The van der Waals surface area contributed by atoms with E-state index in [1.807, 2.05) is 38.3 Å². The van der Waals surface area contributed by atoms with Crippen molar-refractivity contribution in [1.82, 2.24) is 30.2 Å². The zero-order valence-corrected chi connectivity index (χ0v) is 19.3. The van der Waals surface area contributed by atoms with Crippen molar-refractivity contribution in [2.45, 2.75) is 25.4 Å². The molecule has 10 heteroatoms. The Bertz CT molecular complexity index is 760. The molecule has 2 aromatic heterocycles. The minimum absolute atomic E-state index is 0. The van der Waals surface area contributed by atoms with Crippen LogP contribution in [0.2, 0.25) is 0 Å². The first-order chi connectivity index (χ1) is 13.1. The predicted molar refractivity (Wildman–Crippen MR) is 124 cm³/mol. The summed E-state index contributed by atoms with van der Waals surface area (Å²) in [5.41, 5.74) is 1.10. The number of hydrogen-bond donors (Lipinski definition) is 2. The van der Waals surface area contributed by atoms with Crippen molar-refractivity contribution < 1.29 is 0 Å². The van der Waals surface area contributed by atoms with Gasteiger partial charge >= 0.3 is 0 Å². The van der Waals surface area contributed by atoms with Crippen molar-refractivity contribution in [2.75, 3.05) is 44.0 Å². The number of guanidine groups is 1. The molecule has 0 amide bonds. The topological polar surface area (TPSA) is 86.5 Å². The number of nitrogens with zero attached hydrogens (tertiary/aromatic N) is 7. The van der Waals surface area contributed by atoms with E-state index in [9.17, 15) is 0 Å². The van der Waals surface area contributed by atoms with Crippen LogP contribution in [0.25, 0.3) is 0 Å². The van der Waals surface area contributed by atoms with E-state index in [0.717, 1.165) is 49.5 Å².